The Balaban J connectivity index is 2.05. The zero-order valence-corrected chi connectivity index (χ0v) is 10.2. The second-order valence-corrected chi connectivity index (χ2v) is 4.76. The fourth-order valence-corrected chi connectivity index (χ4v) is 2.45. The molecule has 0 radical (unpaired) electrons. The van der Waals surface area contributed by atoms with E-state index in [1.165, 1.54) is 31.4 Å². The smallest absolute Gasteiger partial charge is 0.123 e. The molecule has 92 valence electrons. The molecule has 3 heteroatoms. The quantitative estimate of drug-likeness (QED) is 0.611. The van der Waals surface area contributed by atoms with Gasteiger partial charge < -0.3 is 4.90 Å². The molecule has 0 amide bonds. The summed E-state index contributed by atoms with van der Waals surface area (Å²) >= 11 is 0. The number of anilines is 1. The Bertz CT molecular complexity index is 380. The van der Waals surface area contributed by atoms with Crippen molar-refractivity contribution in [2.24, 2.45) is 5.92 Å². The van der Waals surface area contributed by atoms with Crippen LogP contribution in [0.5, 0.6) is 0 Å². The fraction of sp³-hybridized carbons (Fsp3) is 0.500. The van der Waals surface area contributed by atoms with Gasteiger partial charge in [0.15, 0.2) is 0 Å². The van der Waals surface area contributed by atoms with E-state index < -0.39 is 0 Å². The summed E-state index contributed by atoms with van der Waals surface area (Å²) in [6, 6.07) is 6.35. The summed E-state index contributed by atoms with van der Waals surface area (Å²) in [5, 5.41) is 8.21. The van der Waals surface area contributed by atoms with Crippen LogP contribution in [0.25, 0.3) is 0 Å². The second kappa shape index (κ2) is 5.30. The third kappa shape index (κ3) is 2.84. The number of hydrogen-bond acceptors (Lipinski definition) is 1. The van der Waals surface area contributed by atoms with Gasteiger partial charge in [-0.25, -0.2) is 4.39 Å². The summed E-state index contributed by atoms with van der Waals surface area (Å²) in [6.07, 6.45) is 5.98. The first-order valence-corrected chi connectivity index (χ1v) is 6.26. The molecular formula is C14H19FN2. The van der Waals surface area contributed by atoms with Gasteiger partial charge in [-0.3, -0.25) is 5.41 Å². The van der Waals surface area contributed by atoms with Gasteiger partial charge in [0, 0.05) is 18.7 Å². The van der Waals surface area contributed by atoms with Crippen molar-refractivity contribution in [1.29, 1.82) is 5.41 Å². The van der Waals surface area contributed by atoms with Gasteiger partial charge in [-0.2, -0.15) is 0 Å². The van der Waals surface area contributed by atoms with Crippen molar-refractivity contribution < 1.29 is 4.39 Å². The highest BCUT2D eigenvalue weighted by Crippen LogP contribution is 2.27. The summed E-state index contributed by atoms with van der Waals surface area (Å²) in [4.78, 5) is 1.87. The maximum atomic E-state index is 12.8. The van der Waals surface area contributed by atoms with Crippen LogP contribution in [0.3, 0.4) is 0 Å². The monoisotopic (exact) mass is 234 g/mol. The minimum Gasteiger partial charge on any atom is -0.333 e. The molecule has 1 N–H and O–H groups in total. The lowest BCUT2D eigenvalue weighted by Gasteiger charge is -2.29. The van der Waals surface area contributed by atoms with Crippen molar-refractivity contribution >= 4 is 11.5 Å². The van der Waals surface area contributed by atoms with Crippen molar-refractivity contribution in [3.8, 4) is 0 Å². The van der Waals surface area contributed by atoms with E-state index in [0.29, 0.717) is 11.8 Å². The van der Waals surface area contributed by atoms with Gasteiger partial charge in [0.05, 0.1) is 0 Å². The fourth-order valence-electron chi connectivity index (χ4n) is 2.45. The Labute approximate surface area is 102 Å². The predicted octanol–water partition coefficient (Wildman–Crippen LogP) is 3.82. The van der Waals surface area contributed by atoms with E-state index in [2.05, 4.69) is 0 Å². The van der Waals surface area contributed by atoms with Gasteiger partial charge in [0.25, 0.3) is 0 Å². The molecule has 0 bridgehead atoms. The first kappa shape index (κ1) is 12.1. The van der Waals surface area contributed by atoms with Crippen LogP contribution in [0.15, 0.2) is 24.3 Å². The molecule has 17 heavy (non-hydrogen) atoms. The van der Waals surface area contributed by atoms with Gasteiger partial charge in [-0.05, 0) is 37.1 Å². The summed E-state index contributed by atoms with van der Waals surface area (Å²) < 4.78 is 12.8. The normalized spacial score (nSPS) is 16.8. The zero-order valence-electron chi connectivity index (χ0n) is 10.2. The highest BCUT2D eigenvalue weighted by Gasteiger charge is 2.21. The van der Waals surface area contributed by atoms with Crippen molar-refractivity contribution in [3.05, 3.63) is 30.1 Å². The Morgan fingerprint density at radius 1 is 1.18 bits per heavy atom. The van der Waals surface area contributed by atoms with Crippen molar-refractivity contribution in [3.63, 3.8) is 0 Å². The molecule has 0 atom stereocenters. The molecule has 2 rings (SSSR count). The zero-order chi connectivity index (χ0) is 12.3. The van der Waals surface area contributed by atoms with Crippen LogP contribution in [-0.4, -0.2) is 12.9 Å². The Kier molecular flexibility index (Phi) is 3.77. The lowest BCUT2D eigenvalue weighted by molar-refractivity contribution is 0.435. The van der Waals surface area contributed by atoms with Gasteiger partial charge in [-0.15, -0.1) is 0 Å². The van der Waals surface area contributed by atoms with Crippen LogP contribution in [-0.2, 0) is 0 Å². The molecule has 0 spiro atoms. The molecule has 0 aliphatic heterocycles. The number of benzene rings is 1. The number of rotatable bonds is 2. The molecule has 1 aliphatic rings. The molecule has 0 saturated heterocycles. The first-order valence-electron chi connectivity index (χ1n) is 6.26. The molecule has 1 fully saturated rings. The Morgan fingerprint density at radius 2 is 1.76 bits per heavy atom. The van der Waals surface area contributed by atoms with E-state index >= 15 is 0 Å². The summed E-state index contributed by atoms with van der Waals surface area (Å²) in [6.45, 7) is 0. The largest absolute Gasteiger partial charge is 0.333 e. The van der Waals surface area contributed by atoms with Crippen molar-refractivity contribution in [1.82, 2.24) is 0 Å². The molecule has 0 heterocycles. The van der Waals surface area contributed by atoms with Gasteiger partial charge in [0.2, 0.25) is 0 Å². The SMILES string of the molecule is CN(C(=N)C1CCCCC1)c1ccc(F)cc1. The molecule has 0 aromatic heterocycles. The van der Waals surface area contributed by atoms with E-state index in [9.17, 15) is 4.39 Å². The van der Waals surface area contributed by atoms with Crippen LogP contribution in [0.2, 0.25) is 0 Å². The molecule has 1 saturated carbocycles. The maximum Gasteiger partial charge on any atom is 0.123 e. The van der Waals surface area contributed by atoms with E-state index in [1.54, 1.807) is 12.1 Å². The summed E-state index contributed by atoms with van der Waals surface area (Å²) in [7, 11) is 1.89. The standard InChI is InChI=1S/C14H19FN2/c1-17(13-9-7-12(15)8-10-13)14(16)11-5-3-2-4-6-11/h7-11,16H,2-6H2,1H3. The highest BCUT2D eigenvalue weighted by molar-refractivity contribution is 5.96. The van der Waals surface area contributed by atoms with E-state index in [0.717, 1.165) is 18.5 Å². The molecular weight excluding hydrogens is 215 g/mol. The van der Waals surface area contributed by atoms with Crippen LogP contribution in [0, 0.1) is 17.1 Å². The third-order valence-electron chi connectivity index (χ3n) is 3.57. The number of nitrogens with one attached hydrogen (secondary N) is 1. The highest BCUT2D eigenvalue weighted by atomic mass is 19.1. The topological polar surface area (TPSA) is 27.1 Å². The maximum absolute atomic E-state index is 12.8. The lowest BCUT2D eigenvalue weighted by atomic mass is 9.88. The van der Waals surface area contributed by atoms with Crippen LogP contribution >= 0.6 is 0 Å². The van der Waals surface area contributed by atoms with E-state index in [4.69, 9.17) is 5.41 Å². The van der Waals surface area contributed by atoms with Crippen molar-refractivity contribution in [2.75, 3.05) is 11.9 Å². The van der Waals surface area contributed by atoms with Crippen LogP contribution in [0.4, 0.5) is 10.1 Å². The molecule has 2 nitrogen and oxygen atoms in total. The number of halogens is 1. The van der Waals surface area contributed by atoms with E-state index in [-0.39, 0.29) is 5.82 Å². The average Bonchev–Trinajstić information content (AvgIpc) is 2.39. The number of nitrogens with zero attached hydrogens (tertiary/aromatic N) is 1. The Hall–Kier alpha value is -1.38. The number of hydrogen-bond donors (Lipinski definition) is 1. The van der Waals surface area contributed by atoms with Crippen molar-refractivity contribution in [2.45, 2.75) is 32.1 Å². The molecule has 1 aromatic rings. The van der Waals surface area contributed by atoms with Gasteiger partial charge >= 0.3 is 0 Å². The average molecular weight is 234 g/mol. The minimum atomic E-state index is -0.230. The summed E-state index contributed by atoms with van der Waals surface area (Å²) in [5.74, 6) is 0.807. The van der Waals surface area contributed by atoms with Crippen LogP contribution in [0.1, 0.15) is 32.1 Å². The summed E-state index contributed by atoms with van der Waals surface area (Å²) in [5.41, 5.74) is 0.891. The Morgan fingerprint density at radius 3 is 2.35 bits per heavy atom. The molecule has 1 aromatic carbocycles. The molecule has 0 unspecified atom stereocenters. The van der Waals surface area contributed by atoms with Gasteiger partial charge in [-0.1, -0.05) is 19.3 Å². The third-order valence-corrected chi connectivity index (χ3v) is 3.57. The minimum absolute atomic E-state index is 0.230. The second-order valence-electron chi connectivity index (χ2n) is 4.76. The lowest BCUT2D eigenvalue weighted by Crippen LogP contribution is -2.33. The number of amidine groups is 1. The van der Waals surface area contributed by atoms with E-state index in [1.807, 2.05) is 11.9 Å². The molecule has 1 aliphatic carbocycles. The predicted molar refractivity (Wildman–Crippen MR) is 69.1 cm³/mol. The first-order chi connectivity index (χ1) is 8.18. The van der Waals surface area contributed by atoms with Crippen LogP contribution < -0.4 is 4.90 Å². The van der Waals surface area contributed by atoms with Gasteiger partial charge in [0.1, 0.15) is 11.7 Å².